The predicted octanol–water partition coefficient (Wildman–Crippen LogP) is 4.68. The zero-order valence-corrected chi connectivity index (χ0v) is 27.6. The fraction of sp³-hybridized carbons (Fsp3) is 0.800. The molecule has 0 spiro atoms. The first-order valence-electron chi connectivity index (χ1n) is 15.1. The lowest BCUT2D eigenvalue weighted by Gasteiger charge is -2.49. The van der Waals surface area contributed by atoms with Crippen LogP contribution in [-0.4, -0.2) is 58.8 Å². The van der Waals surface area contributed by atoms with Crippen molar-refractivity contribution >= 4 is 21.4 Å². The fourth-order valence-electron chi connectivity index (χ4n) is 7.97. The number of ether oxygens (including phenoxy) is 1. The van der Waals surface area contributed by atoms with Crippen LogP contribution in [0.5, 0.6) is 11.5 Å². The summed E-state index contributed by atoms with van der Waals surface area (Å²) in [7, 11) is 0.832. The Morgan fingerprint density at radius 1 is 0.737 bits per heavy atom. The number of hydrogen-bond donors (Lipinski definition) is 1. The van der Waals surface area contributed by atoms with Gasteiger partial charge in [-0.25, -0.2) is 0 Å². The average Bonchev–Trinajstić information content (AvgIpc) is 2.97. The van der Waals surface area contributed by atoms with Crippen molar-refractivity contribution in [3.63, 3.8) is 0 Å². The van der Waals surface area contributed by atoms with E-state index in [0.717, 1.165) is 35.2 Å². The molecule has 0 saturated heterocycles. The molecule has 0 atom stereocenters. The maximum absolute atomic E-state index is 10.9. The van der Waals surface area contributed by atoms with Crippen molar-refractivity contribution in [1.82, 2.24) is 0 Å². The Morgan fingerprint density at radius 3 is 1.61 bits per heavy atom. The van der Waals surface area contributed by atoms with Crippen molar-refractivity contribution < 1.29 is 40.1 Å². The standard InChI is InChI=1S/C30H51O5PSi.BrH/c1-32-37(33-2,34-3)23-13-22-35-29-21-20-25(31)24-30(29)36(26-14-7-4-8-15-26,27-16-9-5-10-17-27)28-18-11-6-12-19-28;/h20-21,24,26-28H,4-19,22-23H2,1-3H3;1H. The maximum atomic E-state index is 10.9. The molecule has 0 amide bonds. The van der Waals surface area contributed by atoms with Crippen molar-refractivity contribution in [1.29, 1.82) is 0 Å². The lowest BCUT2D eigenvalue weighted by molar-refractivity contribution is -0.0000134. The molecule has 3 aliphatic rings. The van der Waals surface area contributed by atoms with Crippen LogP contribution in [-0.2, 0) is 13.3 Å². The van der Waals surface area contributed by atoms with E-state index in [1.54, 1.807) is 21.3 Å². The molecule has 0 aliphatic heterocycles. The quantitative estimate of drug-likeness (QED) is 0.206. The summed E-state index contributed by atoms with van der Waals surface area (Å²) in [5.74, 6) is 1.46. The summed E-state index contributed by atoms with van der Waals surface area (Å²) in [4.78, 5) is 0. The number of benzene rings is 1. The van der Waals surface area contributed by atoms with Gasteiger partial charge in [0.2, 0.25) is 0 Å². The molecule has 0 radical (unpaired) electrons. The van der Waals surface area contributed by atoms with Gasteiger partial charge in [-0.1, -0.05) is 19.3 Å². The van der Waals surface area contributed by atoms with Gasteiger partial charge in [-0.05, 0) is 95.6 Å². The SMILES string of the molecule is CO[Si](CCCOc1ccc(O)cc1[P+](C1CCCCC1)(C1CCCCC1)C1CCCCC1)(OC)OC.[Br-]. The summed E-state index contributed by atoms with van der Waals surface area (Å²) < 4.78 is 23.6. The van der Waals surface area contributed by atoms with E-state index in [9.17, 15) is 5.11 Å². The van der Waals surface area contributed by atoms with E-state index >= 15 is 0 Å². The molecule has 1 N–H and O–H groups in total. The number of phenolic OH excluding ortho intramolecular Hbond substituents is 1. The molecule has 0 heterocycles. The van der Waals surface area contributed by atoms with E-state index in [1.807, 2.05) is 6.07 Å². The third kappa shape index (κ3) is 7.17. The number of hydrogen-bond acceptors (Lipinski definition) is 5. The second kappa shape index (κ2) is 15.7. The second-order valence-electron chi connectivity index (χ2n) is 11.6. The first-order valence-corrected chi connectivity index (χ1v) is 19.0. The van der Waals surface area contributed by atoms with Crippen molar-refractivity contribution in [2.45, 2.75) is 126 Å². The highest BCUT2D eigenvalue weighted by atomic mass is 79.9. The van der Waals surface area contributed by atoms with Gasteiger partial charge in [0.05, 0.1) is 30.8 Å². The minimum absolute atomic E-state index is 0. The number of rotatable bonds is 12. The van der Waals surface area contributed by atoms with Crippen LogP contribution in [0.2, 0.25) is 6.04 Å². The van der Waals surface area contributed by atoms with Crippen molar-refractivity contribution in [2.24, 2.45) is 0 Å². The average molecular weight is 632 g/mol. The number of phenols is 1. The molecule has 0 aromatic heterocycles. The minimum atomic E-state index is -2.61. The van der Waals surface area contributed by atoms with Crippen LogP contribution in [0, 0.1) is 0 Å². The third-order valence-corrected chi connectivity index (χ3v) is 18.9. The molecule has 218 valence electrons. The van der Waals surface area contributed by atoms with E-state index < -0.39 is 16.1 Å². The predicted molar refractivity (Wildman–Crippen MR) is 157 cm³/mol. The minimum Gasteiger partial charge on any atom is -1.00 e. The first kappa shape index (κ1) is 32.3. The smallest absolute Gasteiger partial charge is 0.500 e. The Kier molecular flexibility index (Phi) is 13.4. The number of halogens is 1. The Balaban J connectivity index is 0.00000400. The van der Waals surface area contributed by atoms with Gasteiger partial charge < -0.3 is 40.1 Å². The van der Waals surface area contributed by atoms with E-state index in [1.165, 1.54) is 102 Å². The lowest BCUT2D eigenvalue weighted by atomic mass is 9.99. The molecule has 0 bridgehead atoms. The van der Waals surface area contributed by atoms with E-state index in [4.69, 9.17) is 18.0 Å². The van der Waals surface area contributed by atoms with Gasteiger partial charge in [0.1, 0.15) is 11.1 Å². The van der Waals surface area contributed by atoms with Crippen LogP contribution in [0.4, 0.5) is 0 Å². The van der Waals surface area contributed by atoms with E-state index in [0.29, 0.717) is 12.4 Å². The monoisotopic (exact) mass is 630 g/mol. The summed E-state index contributed by atoms with van der Waals surface area (Å²) in [6.45, 7) is 0.614. The molecule has 0 unspecified atom stereocenters. The topological polar surface area (TPSA) is 57.2 Å². The highest BCUT2D eigenvalue weighted by Gasteiger charge is 2.60. The Hall–Kier alpha value is -0.173. The molecule has 8 heteroatoms. The second-order valence-corrected chi connectivity index (χ2v) is 19.0. The van der Waals surface area contributed by atoms with Crippen molar-refractivity contribution in [2.75, 3.05) is 27.9 Å². The van der Waals surface area contributed by atoms with Crippen molar-refractivity contribution in [3.8, 4) is 11.5 Å². The van der Waals surface area contributed by atoms with Gasteiger partial charge >= 0.3 is 8.80 Å². The molecule has 5 nitrogen and oxygen atoms in total. The Bertz CT molecular complexity index is 767. The largest absolute Gasteiger partial charge is 1.00 e. The zero-order valence-electron chi connectivity index (χ0n) is 24.1. The molecule has 1 aromatic carbocycles. The lowest BCUT2D eigenvalue weighted by Crippen LogP contribution is -3.00. The molecule has 3 saturated carbocycles. The zero-order chi connectivity index (χ0) is 26.1. The highest BCUT2D eigenvalue weighted by molar-refractivity contribution is 7.85. The van der Waals surface area contributed by atoms with Crippen LogP contribution in [0.3, 0.4) is 0 Å². The van der Waals surface area contributed by atoms with Gasteiger partial charge in [-0.3, -0.25) is 0 Å². The first-order chi connectivity index (χ1) is 18.1. The van der Waals surface area contributed by atoms with Crippen LogP contribution >= 0.6 is 7.26 Å². The summed E-state index contributed by atoms with van der Waals surface area (Å²) >= 11 is 0. The fourth-order valence-corrected chi connectivity index (χ4v) is 17.2. The summed E-state index contributed by atoms with van der Waals surface area (Å²) in [5, 5.41) is 12.3. The summed E-state index contributed by atoms with van der Waals surface area (Å²) in [6.07, 6.45) is 21.5. The molecule has 3 aliphatic carbocycles. The Morgan fingerprint density at radius 2 is 1.18 bits per heavy atom. The molecule has 4 rings (SSSR count). The van der Waals surface area contributed by atoms with Crippen LogP contribution in [0.1, 0.15) is 103 Å². The summed E-state index contributed by atoms with van der Waals surface area (Å²) in [6, 6.07) is 6.83. The van der Waals surface area contributed by atoms with Gasteiger partial charge in [-0.15, -0.1) is 0 Å². The number of aromatic hydroxyl groups is 1. The van der Waals surface area contributed by atoms with Gasteiger partial charge in [-0.2, -0.15) is 0 Å². The third-order valence-electron chi connectivity index (χ3n) is 9.71. The molecule has 1 aromatic rings. The molecule has 3 fully saturated rings. The van der Waals surface area contributed by atoms with E-state index in [2.05, 4.69) is 12.1 Å². The normalized spacial score (nSPS) is 20.7. The molecular formula is C30H52BrO5PSi. The van der Waals surface area contributed by atoms with Gasteiger partial charge in [0.15, 0.2) is 5.75 Å². The van der Waals surface area contributed by atoms with Crippen molar-refractivity contribution in [3.05, 3.63) is 18.2 Å². The molecule has 38 heavy (non-hydrogen) atoms. The molecular weight excluding hydrogens is 579 g/mol. The maximum Gasteiger partial charge on any atom is 0.500 e. The van der Waals surface area contributed by atoms with Crippen LogP contribution in [0.15, 0.2) is 18.2 Å². The Labute approximate surface area is 244 Å². The van der Waals surface area contributed by atoms with Gasteiger partial charge in [0, 0.05) is 33.4 Å². The highest BCUT2D eigenvalue weighted by Crippen LogP contribution is 2.77. The summed E-state index contributed by atoms with van der Waals surface area (Å²) in [5.41, 5.74) is 2.39. The van der Waals surface area contributed by atoms with Gasteiger partial charge in [0.25, 0.3) is 0 Å². The van der Waals surface area contributed by atoms with Crippen LogP contribution < -0.4 is 27.0 Å². The van der Waals surface area contributed by atoms with Crippen LogP contribution in [0.25, 0.3) is 0 Å². The van der Waals surface area contributed by atoms with E-state index in [-0.39, 0.29) is 17.0 Å².